The molecule has 1 unspecified atom stereocenters. The van der Waals surface area contributed by atoms with Crippen LogP contribution in [0.1, 0.15) is 30.1 Å². The number of aryl methyl sites for hydroxylation is 1. The van der Waals surface area contributed by atoms with Crippen molar-refractivity contribution in [3.63, 3.8) is 0 Å². The van der Waals surface area contributed by atoms with Gasteiger partial charge in [-0.3, -0.25) is 9.48 Å². The van der Waals surface area contributed by atoms with Crippen LogP contribution in [-0.4, -0.2) is 25.6 Å². The summed E-state index contributed by atoms with van der Waals surface area (Å²) in [5, 5.41) is 14.1. The second-order valence-electron chi connectivity index (χ2n) is 6.83. The van der Waals surface area contributed by atoms with Gasteiger partial charge in [-0.25, -0.2) is 4.39 Å². The van der Waals surface area contributed by atoms with Crippen molar-refractivity contribution >= 4 is 22.5 Å². The molecule has 1 aromatic carbocycles. The molecule has 0 bridgehead atoms. The summed E-state index contributed by atoms with van der Waals surface area (Å²) in [6, 6.07) is 3.61. The van der Waals surface area contributed by atoms with Gasteiger partial charge < -0.3 is 9.67 Å². The van der Waals surface area contributed by atoms with E-state index in [0.717, 1.165) is 29.7 Å². The van der Waals surface area contributed by atoms with E-state index < -0.39 is 39.4 Å². The van der Waals surface area contributed by atoms with Crippen LogP contribution in [0.5, 0.6) is 0 Å². The Bertz CT molecular complexity index is 1150. The molecule has 1 atom stereocenters. The third-order valence-electron chi connectivity index (χ3n) is 4.95. The minimum absolute atomic E-state index is 0.0137. The number of halogens is 5. The van der Waals surface area contributed by atoms with Gasteiger partial charge in [0.05, 0.1) is 10.7 Å². The molecule has 1 aliphatic carbocycles. The van der Waals surface area contributed by atoms with Crippen LogP contribution >= 0.6 is 11.6 Å². The van der Waals surface area contributed by atoms with Crippen LogP contribution in [0.3, 0.4) is 0 Å². The zero-order valence-corrected chi connectivity index (χ0v) is 15.2. The van der Waals surface area contributed by atoms with Gasteiger partial charge >= 0.3 is 6.18 Å². The van der Waals surface area contributed by atoms with Crippen LogP contribution in [0, 0.1) is 5.82 Å². The maximum atomic E-state index is 14.1. The number of aromatic nitrogens is 3. The molecular formula is C18H14ClF4N3O2. The number of nitrogens with zero attached hydrogens (tertiary/aromatic N) is 3. The van der Waals surface area contributed by atoms with E-state index in [2.05, 4.69) is 5.10 Å². The van der Waals surface area contributed by atoms with Crippen LogP contribution in [0.4, 0.5) is 17.6 Å². The fourth-order valence-electron chi connectivity index (χ4n) is 3.43. The number of aliphatic hydroxyl groups is 1. The van der Waals surface area contributed by atoms with Gasteiger partial charge in [-0.05, 0) is 31.0 Å². The van der Waals surface area contributed by atoms with Gasteiger partial charge in [-0.15, -0.1) is 0 Å². The Morgan fingerprint density at radius 3 is 2.50 bits per heavy atom. The van der Waals surface area contributed by atoms with Gasteiger partial charge in [0.25, 0.3) is 5.56 Å². The van der Waals surface area contributed by atoms with Crippen LogP contribution < -0.4 is 5.56 Å². The first-order chi connectivity index (χ1) is 13.1. The molecule has 5 nitrogen and oxygen atoms in total. The molecule has 148 valence electrons. The lowest BCUT2D eigenvalue weighted by atomic mass is 9.87. The number of hydrogen-bond acceptors (Lipinski definition) is 3. The van der Waals surface area contributed by atoms with Crippen molar-refractivity contribution in [3.05, 3.63) is 62.9 Å². The Morgan fingerprint density at radius 2 is 1.93 bits per heavy atom. The van der Waals surface area contributed by atoms with Gasteiger partial charge in [0.1, 0.15) is 5.82 Å². The molecule has 10 heteroatoms. The lowest BCUT2D eigenvalue weighted by molar-refractivity contribution is -0.250. The maximum absolute atomic E-state index is 14.1. The molecule has 2 aromatic heterocycles. The third-order valence-corrected chi connectivity index (χ3v) is 5.24. The summed E-state index contributed by atoms with van der Waals surface area (Å²) in [6.45, 7) is 0. The van der Waals surface area contributed by atoms with Crippen molar-refractivity contribution in [2.24, 2.45) is 7.05 Å². The van der Waals surface area contributed by atoms with Crippen molar-refractivity contribution in [2.75, 3.05) is 0 Å². The molecule has 28 heavy (non-hydrogen) atoms. The molecule has 1 fully saturated rings. The van der Waals surface area contributed by atoms with Crippen LogP contribution in [-0.2, 0) is 12.6 Å². The molecule has 0 saturated heterocycles. The van der Waals surface area contributed by atoms with E-state index in [1.54, 1.807) is 0 Å². The Morgan fingerprint density at radius 1 is 1.25 bits per heavy atom. The smallest absolute Gasteiger partial charge is 0.371 e. The van der Waals surface area contributed by atoms with E-state index in [1.165, 1.54) is 23.9 Å². The predicted octanol–water partition coefficient (Wildman–Crippen LogP) is 3.66. The van der Waals surface area contributed by atoms with E-state index in [-0.39, 0.29) is 16.9 Å². The number of pyridine rings is 1. The molecular weight excluding hydrogens is 402 g/mol. The van der Waals surface area contributed by atoms with Crippen molar-refractivity contribution in [2.45, 2.75) is 30.7 Å². The van der Waals surface area contributed by atoms with Crippen LogP contribution in [0.25, 0.3) is 10.9 Å². The number of hydrogen-bond donors (Lipinski definition) is 1. The number of benzene rings is 1. The summed E-state index contributed by atoms with van der Waals surface area (Å²) in [5.74, 6) is -0.919. The van der Waals surface area contributed by atoms with Crippen molar-refractivity contribution in [3.8, 4) is 0 Å². The number of rotatable bonds is 3. The highest BCUT2D eigenvalue weighted by Crippen LogP contribution is 2.46. The van der Waals surface area contributed by atoms with E-state index in [1.807, 2.05) is 0 Å². The Balaban J connectivity index is 2.03. The minimum Gasteiger partial charge on any atom is -0.371 e. The SMILES string of the molecule is Cn1nc2c(=O)n(C3CC3)ccc2c1C(O)(c1ccc(F)c(Cl)c1)C(F)(F)F. The topological polar surface area (TPSA) is 60.0 Å². The molecule has 0 aliphatic heterocycles. The fraction of sp³-hybridized carbons (Fsp3) is 0.333. The predicted molar refractivity (Wildman–Crippen MR) is 93.7 cm³/mol. The average molecular weight is 416 g/mol. The van der Waals surface area contributed by atoms with Crippen LogP contribution in [0.2, 0.25) is 5.02 Å². The first-order valence-electron chi connectivity index (χ1n) is 8.38. The normalized spacial score (nSPS) is 17.1. The zero-order valence-electron chi connectivity index (χ0n) is 14.5. The van der Waals surface area contributed by atoms with Gasteiger partial charge in [-0.1, -0.05) is 17.7 Å². The first kappa shape index (κ1) is 18.9. The van der Waals surface area contributed by atoms with Gasteiger partial charge in [0.2, 0.25) is 5.60 Å². The molecule has 4 rings (SSSR count). The highest BCUT2D eigenvalue weighted by molar-refractivity contribution is 6.30. The van der Waals surface area contributed by atoms with E-state index >= 15 is 0 Å². The molecule has 0 spiro atoms. The fourth-order valence-corrected chi connectivity index (χ4v) is 3.61. The number of alkyl halides is 3. The standard InChI is InChI=1S/C18H14ClF4N3O2/c1-25-15(11-6-7-26(10-3-4-10)16(27)14(11)24-25)17(28,18(21,22)23)9-2-5-13(20)12(19)8-9/h2,5-8,10,28H,3-4H2,1H3. The van der Waals surface area contributed by atoms with E-state index in [9.17, 15) is 27.5 Å². The van der Waals surface area contributed by atoms with Gasteiger partial charge in [0.15, 0.2) is 5.52 Å². The van der Waals surface area contributed by atoms with Crippen molar-refractivity contribution < 1.29 is 22.7 Å². The van der Waals surface area contributed by atoms with E-state index in [0.29, 0.717) is 6.07 Å². The molecule has 1 N–H and O–H groups in total. The van der Waals surface area contributed by atoms with Gasteiger partial charge in [-0.2, -0.15) is 18.3 Å². The largest absolute Gasteiger partial charge is 0.427 e. The second-order valence-corrected chi connectivity index (χ2v) is 7.24. The number of fused-ring (bicyclic) bond motifs is 1. The Kier molecular flexibility index (Phi) is 4.10. The third kappa shape index (κ3) is 2.64. The average Bonchev–Trinajstić information content (AvgIpc) is 3.38. The second kappa shape index (κ2) is 6.05. The Hall–Kier alpha value is -2.39. The molecule has 1 saturated carbocycles. The monoisotopic (exact) mass is 415 g/mol. The lowest BCUT2D eigenvalue weighted by Gasteiger charge is -2.31. The summed E-state index contributed by atoms with van der Waals surface area (Å²) in [7, 11) is 1.21. The summed E-state index contributed by atoms with van der Waals surface area (Å²) in [6.07, 6.45) is -2.17. The van der Waals surface area contributed by atoms with E-state index in [4.69, 9.17) is 11.6 Å². The minimum atomic E-state index is -5.19. The summed E-state index contributed by atoms with van der Waals surface area (Å²) < 4.78 is 58.0. The summed E-state index contributed by atoms with van der Waals surface area (Å²) in [5.41, 5.74) is -5.57. The maximum Gasteiger partial charge on any atom is 0.427 e. The van der Waals surface area contributed by atoms with Crippen molar-refractivity contribution in [1.29, 1.82) is 0 Å². The first-order valence-corrected chi connectivity index (χ1v) is 8.76. The highest BCUT2D eigenvalue weighted by Gasteiger charge is 2.59. The molecule has 0 amide bonds. The molecule has 3 aromatic rings. The molecule has 2 heterocycles. The molecule has 1 aliphatic rings. The summed E-state index contributed by atoms with van der Waals surface area (Å²) >= 11 is 5.65. The summed E-state index contributed by atoms with van der Waals surface area (Å²) in [4.78, 5) is 12.6. The van der Waals surface area contributed by atoms with Gasteiger partial charge in [0, 0.05) is 30.2 Å². The quantitative estimate of drug-likeness (QED) is 0.664. The highest BCUT2D eigenvalue weighted by atomic mass is 35.5. The van der Waals surface area contributed by atoms with Crippen LogP contribution in [0.15, 0.2) is 35.3 Å². The molecule has 0 radical (unpaired) electrons. The Labute approximate surface area is 160 Å². The zero-order chi connectivity index (χ0) is 20.4. The van der Waals surface area contributed by atoms with Crippen molar-refractivity contribution in [1.82, 2.24) is 14.3 Å². The lowest BCUT2D eigenvalue weighted by Crippen LogP contribution is -2.45.